The largest absolute Gasteiger partial charge is 0.173 e. The monoisotopic (exact) mass is 296 g/mol. The van der Waals surface area contributed by atoms with E-state index in [9.17, 15) is 0 Å². The summed E-state index contributed by atoms with van der Waals surface area (Å²) in [5, 5.41) is 0. The Balaban J connectivity index is 4.58. The van der Waals surface area contributed by atoms with Crippen molar-refractivity contribution >= 4 is 45.0 Å². The van der Waals surface area contributed by atoms with E-state index < -0.39 is 22.8 Å². The Hall–Kier alpha value is 0.711. The molecule has 0 atom stereocenters. The fourth-order valence-electron chi connectivity index (χ4n) is 0.881. The van der Waals surface area contributed by atoms with Gasteiger partial charge in [0.25, 0.3) is 0 Å². The second-order valence-corrected chi connectivity index (χ2v) is 22.7. The lowest BCUT2D eigenvalue weighted by molar-refractivity contribution is 1.81. The molecule has 0 aliphatic carbocycles. The molecule has 0 aromatic carbocycles. The fraction of sp³-hybridized carbons (Fsp3) is 0.600. The highest BCUT2D eigenvalue weighted by molar-refractivity contribution is 7.23. The van der Waals surface area contributed by atoms with Crippen LogP contribution in [-0.4, -0.2) is 22.8 Å². The summed E-state index contributed by atoms with van der Waals surface area (Å²) >= 11 is 12.5. The summed E-state index contributed by atoms with van der Waals surface area (Å²) in [6.07, 6.45) is 0. The van der Waals surface area contributed by atoms with E-state index in [0.29, 0.717) is 0 Å². The highest BCUT2D eigenvalue weighted by atomic mass is 35.6. The van der Waals surface area contributed by atoms with Crippen molar-refractivity contribution in [3.63, 3.8) is 0 Å². The van der Waals surface area contributed by atoms with Crippen LogP contribution in [-0.2, 0) is 0 Å². The molecule has 0 nitrogen and oxygen atoms in total. The van der Waals surface area contributed by atoms with E-state index in [2.05, 4.69) is 62.1 Å². The molecular weight excluding hydrogens is 275 g/mol. The second kappa shape index (κ2) is 5.36. The normalized spacial score (nSPS) is 15.5. The minimum atomic E-state index is -1.57. The molecule has 0 aromatic rings. The number of halogens is 2. The Morgan fingerprint density at radius 3 is 1.07 bits per heavy atom. The van der Waals surface area contributed by atoms with E-state index in [4.69, 9.17) is 22.2 Å². The summed E-state index contributed by atoms with van der Waals surface area (Å²) in [4.78, 5) is 0. The number of rotatable bonds is 4. The van der Waals surface area contributed by atoms with E-state index in [0.717, 1.165) is 0 Å². The van der Waals surface area contributed by atoms with Crippen LogP contribution in [0.5, 0.6) is 0 Å². The summed E-state index contributed by atoms with van der Waals surface area (Å²) in [6, 6.07) is 0. The van der Waals surface area contributed by atoms with E-state index in [1.165, 1.54) is 0 Å². The van der Waals surface area contributed by atoms with Gasteiger partial charge in [0.05, 0.1) is 8.07 Å². The topological polar surface area (TPSA) is 0 Å². The first-order valence-electron chi connectivity index (χ1n) is 5.20. The van der Waals surface area contributed by atoms with Crippen molar-refractivity contribution in [3.8, 4) is 0 Å². The van der Waals surface area contributed by atoms with Gasteiger partial charge in [-0.05, 0) is 0 Å². The highest BCUT2D eigenvalue weighted by Crippen LogP contribution is 2.16. The zero-order valence-electron chi connectivity index (χ0n) is 10.6. The Bertz CT molecular complexity index is 231. The first-order chi connectivity index (χ1) is 6.41. The van der Waals surface area contributed by atoms with Gasteiger partial charge in [-0.15, -0.1) is 0 Å². The van der Waals surface area contributed by atoms with Crippen LogP contribution in [0.2, 0.25) is 39.3 Å². The fourth-order valence-corrected chi connectivity index (χ4v) is 8.73. The third kappa shape index (κ3) is 11.0. The van der Waals surface area contributed by atoms with Crippen molar-refractivity contribution in [2.45, 2.75) is 39.3 Å². The molecule has 0 aliphatic heterocycles. The summed E-state index contributed by atoms with van der Waals surface area (Å²) in [6.45, 7) is 13.2. The lowest BCUT2D eigenvalue weighted by Crippen LogP contribution is -2.24. The molecule has 0 N–H and O–H groups in total. The van der Waals surface area contributed by atoms with Gasteiger partial charge in [0.15, 0.2) is 14.8 Å². The van der Waals surface area contributed by atoms with Crippen molar-refractivity contribution in [2.24, 2.45) is 0 Å². The lowest BCUT2D eigenvalue weighted by Gasteiger charge is -2.16. The smallest absolute Gasteiger partial charge is 0.162 e. The predicted octanol–water partition coefficient (Wildman–Crippen LogP) is 4.85. The molecule has 0 fully saturated rings. The lowest BCUT2D eigenvalue weighted by atomic mass is 11.2. The Morgan fingerprint density at radius 1 is 0.600 bits per heavy atom. The molecule has 0 amide bonds. The van der Waals surface area contributed by atoms with Crippen LogP contribution in [0.25, 0.3) is 0 Å². The maximum Gasteiger partial charge on any atom is 0.173 e. The van der Waals surface area contributed by atoms with Gasteiger partial charge in [0, 0.05) is 0 Å². The van der Waals surface area contributed by atoms with Crippen LogP contribution in [0.4, 0.5) is 0 Å². The van der Waals surface area contributed by atoms with Gasteiger partial charge < -0.3 is 0 Å². The molecule has 0 saturated carbocycles. The van der Waals surface area contributed by atoms with Gasteiger partial charge in [-0.2, -0.15) is 22.2 Å². The van der Waals surface area contributed by atoms with Crippen molar-refractivity contribution in [3.05, 3.63) is 22.8 Å². The molecule has 0 radical (unpaired) electrons. The van der Waals surface area contributed by atoms with Gasteiger partial charge in [-0.25, -0.2) is 0 Å². The molecule has 0 heterocycles. The molecule has 0 aromatic heterocycles. The van der Waals surface area contributed by atoms with E-state index in [-0.39, 0.29) is 0 Å². The first-order valence-corrected chi connectivity index (χ1v) is 16.5. The minimum Gasteiger partial charge on any atom is -0.162 e. The quantitative estimate of drug-likeness (QED) is 0.514. The van der Waals surface area contributed by atoms with Gasteiger partial charge in [0.2, 0.25) is 0 Å². The molecular formula is C10H22Cl2Si3. The Morgan fingerprint density at radius 2 is 0.867 bits per heavy atom. The van der Waals surface area contributed by atoms with Crippen LogP contribution in [0.3, 0.4) is 0 Å². The Labute approximate surface area is 107 Å². The third-order valence-corrected chi connectivity index (χ3v) is 7.21. The SMILES string of the molecule is C[Si](C)(Cl)C=C[Si](C)(C)C=C[Si](C)(C)Cl. The summed E-state index contributed by atoms with van der Waals surface area (Å²) < 4.78 is 0. The summed E-state index contributed by atoms with van der Waals surface area (Å²) in [7, 11) is -4.53. The molecule has 0 aliphatic rings. The predicted molar refractivity (Wildman–Crippen MR) is 82.4 cm³/mol. The summed E-state index contributed by atoms with van der Waals surface area (Å²) in [5.74, 6) is 0. The minimum absolute atomic E-state index is 1.38. The number of hydrogen-bond acceptors (Lipinski definition) is 0. The maximum atomic E-state index is 6.26. The standard InChI is InChI=1S/C10H22Cl2Si3/c1-13(2,7-9-14(3,4)11)8-10-15(5,6)12/h7-10H,1-6H3. The van der Waals surface area contributed by atoms with Gasteiger partial charge in [-0.3, -0.25) is 0 Å². The first kappa shape index (κ1) is 15.7. The van der Waals surface area contributed by atoms with Crippen molar-refractivity contribution in [2.75, 3.05) is 0 Å². The Kier molecular flexibility index (Phi) is 5.62. The van der Waals surface area contributed by atoms with Crippen molar-refractivity contribution in [1.82, 2.24) is 0 Å². The van der Waals surface area contributed by atoms with E-state index in [1.807, 2.05) is 0 Å². The molecule has 0 bridgehead atoms. The second-order valence-electron chi connectivity index (χ2n) is 5.62. The van der Waals surface area contributed by atoms with Crippen molar-refractivity contribution < 1.29 is 0 Å². The van der Waals surface area contributed by atoms with Gasteiger partial charge in [-0.1, -0.05) is 62.1 Å². The zero-order valence-corrected chi connectivity index (χ0v) is 15.1. The van der Waals surface area contributed by atoms with Crippen LogP contribution in [0.1, 0.15) is 0 Å². The maximum absolute atomic E-state index is 6.26. The van der Waals surface area contributed by atoms with Gasteiger partial charge in [0.1, 0.15) is 0 Å². The highest BCUT2D eigenvalue weighted by Gasteiger charge is 2.19. The molecule has 0 saturated heterocycles. The zero-order chi connectivity index (χ0) is 12.3. The van der Waals surface area contributed by atoms with Crippen LogP contribution >= 0.6 is 22.2 Å². The van der Waals surface area contributed by atoms with E-state index >= 15 is 0 Å². The van der Waals surface area contributed by atoms with Crippen LogP contribution in [0.15, 0.2) is 22.8 Å². The number of hydrogen-bond donors (Lipinski definition) is 0. The molecule has 0 unspecified atom stereocenters. The molecule has 88 valence electrons. The van der Waals surface area contributed by atoms with Crippen LogP contribution < -0.4 is 0 Å². The van der Waals surface area contributed by atoms with Crippen molar-refractivity contribution in [1.29, 1.82) is 0 Å². The molecule has 0 spiro atoms. The molecule has 5 heteroatoms. The third-order valence-electron chi connectivity index (χ3n) is 1.82. The molecule has 15 heavy (non-hydrogen) atoms. The average Bonchev–Trinajstić information content (AvgIpc) is 1.96. The summed E-state index contributed by atoms with van der Waals surface area (Å²) in [5.41, 5.74) is 9.13. The van der Waals surface area contributed by atoms with E-state index in [1.54, 1.807) is 0 Å². The average molecular weight is 297 g/mol. The van der Waals surface area contributed by atoms with Gasteiger partial charge >= 0.3 is 0 Å². The van der Waals surface area contributed by atoms with Crippen LogP contribution in [0, 0.1) is 0 Å². The molecule has 0 rings (SSSR count).